The molecular formula is C19H18ClN3O. The summed E-state index contributed by atoms with van der Waals surface area (Å²) in [4.78, 5) is 4.69. The highest BCUT2D eigenvalue weighted by Crippen LogP contribution is 2.37. The van der Waals surface area contributed by atoms with Crippen LogP contribution in [0, 0.1) is 0 Å². The minimum Gasteiger partial charge on any atom is -0.497 e. The molecule has 0 saturated carbocycles. The summed E-state index contributed by atoms with van der Waals surface area (Å²) in [5, 5.41) is 3.66. The Kier molecular flexibility index (Phi) is 3.79. The summed E-state index contributed by atoms with van der Waals surface area (Å²) in [7, 11) is 1.67. The minimum atomic E-state index is 0.527. The van der Waals surface area contributed by atoms with Crippen LogP contribution in [0.3, 0.4) is 0 Å². The SMILES string of the molecule is COc1ccc2c(c1)c1nc(Cl)c3ccccc3c1n2CCCN. The monoisotopic (exact) mass is 339 g/mol. The summed E-state index contributed by atoms with van der Waals surface area (Å²) in [5.74, 6) is 0.812. The summed E-state index contributed by atoms with van der Waals surface area (Å²) < 4.78 is 7.68. The number of hydrogen-bond donors (Lipinski definition) is 1. The zero-order valence-electron chi connectivity index (χ0n) is 13.4. The predicted molar refractivity (Wildman–Crippen MR) is 100.0 cm³/mol. The maximum absolute atomic E-state index is 6.45. The number of aromatic nitrogens is 2. The third kappa shape index (κ3) is 2.22. The van der Waals surface area contributed by atoms with Crippen molar-refractivity contribution >= 4 is 44.3 Å². The van der Waals surface area contributed by atoms with Crippen LogP contribution in [0.5, 0.6) is 5.75 Å². The summed E-state index contributed by atoms with van der Waals surface area (Å²) in [6, 6.07) is 14.2. The van der Waals surface area contributed by atoms with Crippen molar-refractivity contribution in [2.45, 2.75) is 13.0 Å². The van der Waals surface area contributed by atoms with E-state index >= 15 is 0 Å². The van der Waals surface area contributed by atoms with Crippen molar-refractivity contribution in [1.82, 2.24) is 9.55 Å². The molecule has 5 heteroatoms. The van der Waals surface area contributed by atoms with Crippen LogP contribution in [-0.4, -0.2) is 23.2 Å². The quantitative estimate of drug-likeness (QED) is 0.562. The first-order chi connectivity index (χ1) is 11.7. The molecular weight excluding hydrogens is 322 g/mol. The van der Waals surface area contributed by atoms with Gasteiger partial charge < -0.3 is 15.0 Å². The van der Waals surface area contributed by atoms with Crippen LogP contribution in [0.2, 0.25) is 5.15 Å². The van der Waals surface area contributed by atoms with Crippen LogP contribution < -0.4 is 10.5 Å². The second-order valence-electron chi connectivity index (χ2n) is 5.82. The fraction of sp³-hybridized carbons (Fsp3) is 0.211. The summed E-state index contributed by atoms with van der Waals surface area (Å²) in [6.45, 7) is 1.49. The highest BCUT2D eigenvalue weighted by Gasteiger charge is 2.17. The van der Waals surface area contributed by atoms with Gasteiger partial charge in [-0.25, -0.2) is 4.98 Å². The number of ether oxygens (including phenoxy) is 1. The standard InChI is InChI=1S/C19H18ClN3O/c1-24-12-7-8-16-15(11-12)17-18(23(16)10-4-9-21)13-5-2-3-6-14(13)19(20)22-17/h2-3,5-8,11H,4,9-10,21H2,1H3. The van der Waals surface area contributed by atoms with Gasteiger partial charge in [0.1, 0.15) is 10.9 Å². The second-order valence-corrected chi connectivity index (χ2v) is 6.18. The van der Waals surface area contributed by atoms with Crippen LogP contribution in [-0.2, 0) is 6.54 Å². The smallest absolute Gasteiger partial charge is 0.137 e. The molecule has 0 atom stereocenters. The Balaban J connectivity index is 2.19. The number of hydrogen-bond acceptors (Lipinski definition) is 3. The van der Waals surface area contributed by atoms with E-state index in [2.05, 4.69) is 16.7 Å². The van der Waals surface area contributed by atoms with Gasteiger partial charge in [-0.1, -0.05) is 35.9 Å². The van der Waals surface area contributed by atoms with E-state index < -0.39 is 0 Å². The lowest BCUT2D eigenvalue weighted by Gasteiger charge is -2.09. The van der Waals surface area contributed by atoms with Crippen LogP contribution in [0.25, 0.3) is 32.7 Å². The van der Waals surface area contributed by atoms with Crippen LogP contribution in [0.15, 0.2) is 42.5 Å². The number of aryl methyl sites for hydroxylation is 1. The van der Waals surface area contributed by atoms with Gasteiger partial charge in [0.25, 0.3) is 0 Å². The molecule has 2 aromatic heterocycles. The van der Waals surface area contributed by atoms with Crippen LogP contribution >= 0.6 is 11.6 Å². The molecule has 122 valence electrons. The van der Waals surface area contributed by atoms with Gasteiger partial charge in [0.05, 0.1) is 23.7 Å². The summed E-state index contributed by atoms with van der Waals surface area (Å²) in [6.07, 6.45) is 0.905. The lowest BCUT2D eigenvalue weighted by atomic mass is 10.1. The predicted octanol–water partition coefficient (Wildman–Crippen LogP) is 4.35. The van der Waals surface area contributed by atoms with E-state index in [1.807, 2.05) is 30.3 Å². The van der Waals surface area contributed by atoms with Gasteiger partial charge in [0, 0.05) is 22.7 Å². The van der Waals surface area contributed by atoms with Gasteiger partial charge >= 0.3 is 0 Å². The fourth-order valence-corrected chi connectivity index (χ4v) is 3.59. The molecule has 0 radical (unpaired) electrons. The summed E-state index contributed by atoms with van der Waals surface area (Å²) >= 11 is 6.45. The number of pyridine rings is 1. The van der Waals surface area contributed by atoms with Gasteiger partial charge in [-0.3, -0.25) is 0 Å². The van der Waals surface area contributed by atoms with Gasteiger partial charge in [0.15, 0.2) is 0 Å². The molecule has 0 fully saturated rings. The zero-order chi connectivity index (χ0) is 16.7. The number of nitrogens with zero attached hydrogens (tertiary/aromatic N) is 2. The van der Waals surface area contributed by atoms with Crippen molar-refractivity contribution in [3.8, 4) is 5.75 Å². The van der Waals surface area contributed by atoms with Crippen molar-refractivity contribution in [2.24, 2.45) is 5.73 Å². The molecule has 0 aliphatic rings. The molecule has 24 heavy (non-hydrogen) atoms. The second kappa shape index (κ2) is 5.96. The molecule has 2 N–H and O–H groups in total. The molecule has 0 aliphatic carbocycles. The van der Waals surface area contributed by atoms with E-state index in [0.717, 1.165) is 51.4 Å². The summed E-state index contributed by atoms with van der Waals surface area (Å²) in [5.41, 5.74) is 8.88. The van der Waals surface area contributed by atoms with Gasteiger partial charge in [-0.2, -0.15) is 0 Å². The maximum atomic E-state index is 6.45. The lowest BCUT2D eigenvalue weighted by molar-refractivity contribution is 0.415. The van der Waals surface area contributed by atoms with E-state index in [1.165, 1.54) is 0 Å². The first-order valence-corrected chi connectivity index (χ1v) is 8.36. The van der Waals surface area contributed by atoms with E-state index in [-0.39, 0.29) is 0 Å². The third-order valence-electron chi connectivity index (χ3n) is 4.44. The topological polar surface area (TPSA) is 53.1 Å². The molecule has 0 amide bonds. The molecule has 4 rings (SSSR count). The number of rotatable bonds is 4. The molecule has 0 aliphatic heterocycles. The minimum absolute atomic E-state index is 0.527. The molecule has 4 nitrogen and oxygen atoms in total. The Morgan fingerprint density at radius 3 is 2.67 bits per heavy atom. The van der Waals surface area contributed by atoms with E-state index in [9.17, 15) is 0 Å². The number of nitrogens with two attached hydrogens (primary N) is 1. The Morgan fingerprint density at radius 2 is 1.92 bits per heavy atom. The number of methoxy groups -OCH3 is 1. The van der Waals surface area contributed by atoms with Crippen molar-refractivity contribution in [3.05, 3.63) is 47.6 Å². The molecule has 0 saturated heterocycles. The Hall–Kier alpha value is -2.30. The molecule has 2 heterocycles. The first-order valence-electron chi connectivity index (χ1n) is 7.99. The maximum Gasteiger partial charge on any atom is 0.137 e. The van der Waals surface area contributed by atoms with Crippen LogP contribution in [0.1, 0.15) is 6.42 Å². The average molecular weight is 340 g/mol. The van der Waals surface area contributed by atoms with Gasteiger partial charge in [-0.05, 0) is 31.2 Å². The van der Waals surface area contributed by atoms with E-state index in [0.29, 0.717) is 11.7 Å². The zero-order valence-corrected chi connectivity index (χ0v) is 14.2. The number of benzene rings is 2. The van der Waals surface area contributed by atoms with Crippen molar-refractivity contribution in [2.75, 3.05) is 13.7 Å². The Morgan fingerprint density at radius 1 is 1.12 bits per heavy atom. The molecule has 0 bridgehead atoms. The number of fused-ring (bicyclic) bond motifs is 5. The fourth-order valence-electron chi connectivity index (χ4n) is 3.34. The molecule has 0 unspecified atom stereocenters. The van der Waals surface area contributed by atoms with Crippen LogP contribution in [0.4, 0.5) is 0 Å². The highest BCUT2D eigenvalue weighted by atomic mass is 35.5. The van der Waals surface area contributed by atoms with Crippen molar-refractivity contribution in [3.63, 3.8) is 0 Å². The Labute approximate surface area is 144 Å². The van der Waals surface area contributed by atoms with Gasteiger partial charge in [-0.15, -0.1) is 0 Å². The van der Waals surface area contributed by atoms with E-state index in [4.69, 9.17) is 27.1 Å². The van der Waals surface area contributed by atoms with Crippen molar-refractivity contribution < 1.29 is 4.74 Å². The molecule has 0 spiro atoms. The average Bonchev–Trinajstić information content (AvgIpc) is 2.93. The number of halogens is 1. The molecule has 4 aromatic rings. The van der Waals surface area contributed by atoms with E-state index in [1.54, 1.807) is 7.11 Å². The Bertz CT molecular complexity index is 1050. The lowest BCUT2D eigenvalue weighted by Crippen LogP contribution is -2.05. The highest BCUT2D eigenvalue weighted by molar-refractivity contribution is 6.36. The largest absolute Gasteiger partial charge is 0.497 e. The third-order valence-corrected chi connectivity index (χ3v) is 4.73. The first kappa shape index (κ1) is 15.2. The van der Waals surface area contributed by atoms with Crippen molar-refractivity contribution in [1.29, 1.82) is 0 Å². The normalized spacial score (nSPS) is 11.6. The molecule has 2 aromatic carbocycles. The van der Waals surface area contributed by atoms with Gasteiger partial charge in [0.2, 0.25) is 0 Å².